The first-order valence-electron chi connectivity index (χ1n) is 3.31. The quantitative estimate of drug-likeness (QED) is 0.741. The van der Waals surface area contributed by atoms with Crippen LogP contribution in [0.3, 0.4) is 0 Å². The zero-order valence-corrected chi connectivity index (χ0v) is 8.83. The summed E-state index contributed by atoms with van der Waals surface area (Å²) in [4.78, 5) is -0.120. The average Bonchev–Trinajstić information content (AvgIpc) is 2.03. The van der Waals surface area contributed by atoms with Crippen molar-refractivity contribution in [2.75, 3.05) is 0 Å². The molecule has 70 valence electrons. The maximum atomic E-state index is 10.8. The molecule has 0 spiro atoms. The second-order valence-electron chi connectivity index (χ2n) is 2.37. The Bertz CT molecular complexity index is 420. The Morgan fingerprint density at radius 1 is 1.23 bits per heavy atom. The van der Waals surface area contributed by atoms with Gasteiger partial charge in [0.05, 0.1) is 4.91 Å². The van der Waals surface area contributed by atoms with E-state index in [1.165, 1.54) is 0 Å². The van der Waals surface area contributed by atoms with Gasteiger partial charge in [-0.25, -0.2) is 8.42 Å². The first-order chi connectivity index (χ1) is 5.91. The van der Waals surface area contributed by atoms with Crippen molar-refractivity contribution in [2.45, 2.75) is 0 Å². The Balaban J connectivity index is 3.12. The maximum Gasteiger partial charge on any atom is 0.261 e. The first kappa shape index (κ1) is 10.6. The normalized spacial score (nSPS) is 11.2. The predicted molar refractivity (Wildman–Crippen MR) is 55.3 cm³/mol. The summed E-state index contributed by atoms with van der Waals surface area (Å²) >= 11 is 5.62. The van der Waals surface area contributed by atoms with E-state index in [0.717, 1.165) is 0 Å². The largest absolute Gasteiger partial charge is 0.261 e. The van der Waals surface area contributed by atoms with Gasteiger partial charge in [0.15, 0.2) is 0 Å². The van der Waals surface area contributed by atoms with Crippen LogP contribution < -0.4 is 0 Å². The van der Waals surface area contributed by atoms with E-state index in [9.17, 15) is 8.42 Å². The third kappa shape index (κ3) is 2.72. The van der Waals surface area contributed by atoms with Crippen molar-refractivity contribution in [1.82, 2.24) is 0 Å². The first-order valence-corrected chi connectivity index (χ1v) is 5.99. The average molecular weight is 237 g/mol. The molecule has 0 aliphatic rings. The summed E-state index contributed by atoms with van der Waals surface area (Å²) in [5, 5.41) is 0.531. The Kier molecular flexibility index (Phi) is 3.01. The van der Waals surface area contributed by atoms with Gasteiger partial charge in [0.2, 0.25) is 0 Å². The lowest BCUT2D eigenvalue weighted by atomic mass is 10.2. The van der Waals surface area contributed by atoms with Crippen molar-refractivity contribution in [3.63, 3.8) is 0 Å². The number of halogens is 2. The van der Waals surface area contributed by atoms with E-state index < -0.39 is 9.05 Å². The smallest absolute Gasteiger partial charge is 0.207 e. The van der Waals surface area contributed by atoms with Crippen LogP contribution in [0.2, 0.25) is 5.02 Å². The van der Waals surface area contributed by atoms with Crippen LogP contribution >= 0.6 is 22.3 Å². The second-order valence-corrected chi connectivity index (χ2v) is 5.39. The van der Waals surface area contributed by atoms with Crippen molar-refractivity contribution in [3.05, 3.63) is 41.4 Å². The maximum absolute atomic E-state index is 10.8. The van der Waals surface area contributed by atoms with E-state index in [0.29, 0.717) is 10.6 Å². The van der Waals surface area contributed by atoms with Gasteiger partial charge in [-0.05, 0) is 17.7 Å². The second kappa shape index (κ2) is 3.70. The van der Waals surface area contributed by atoms with Crippen molar-refractivity contribution in [2.24, 2.45) is 0 Å². The minimum atomic E-state index is -3.73. The third-order valence-corrected chi connectivity index (χ3v) is 3.10. The molecule has 1 aromatic carbocycles. The zero-order valence-electron chi connectivity index (χ0n) is 6.50. The van der Waals surface area contributed by atoms with Gasteiger partial charge in [0.1, 0.15) is 0 Å². The predicted octanol–water partition coefficient (Wildman–Crippen LogP) is 2.88. The van der Waals surface area contributed by atoms with Crippen molar-refractivity contribution in [1.29, 1.82) is 0 Å². The monoisotopic (exact) mass is 236 g/mol. The number of benzene rings is 1. The van der Waals surface area contributed by atoms with E-state index in [1.807, 2.05) is 0 Å². The highest BCUT2D eigenvalue weighted by Gasteiger charge is 2.12. The number of hydrogen-bond acceptors (Lipinski definition) is 2. The molecule has 0 bridgehead atoms. The highest BCUT2D eigenvalue weighted by atomic mass is 35.7. The van der Waals surface area contributed by atoms with Crippen LogP contribution in [0.4, 0.5) is 0 Å². The molecule has 2 nitrogen and oxygen atoms in total. The Hall–Kier alpha value is -0.510. The summed E-state index contributed by atoms with van der Waals surface area (Å²) in [5.41, 5.74) is 0.444. The van der Waals surface area contributed by atoms with Crippen molar-refractivity contribution in [3.8, 4) is 0 Å². The molecule has 0 heterocycles. The van der Waals surface area contributed by atoms with Crippen molar-refractivity contribution < 1.29 is 8.42 Å². The Labute approximate surface area is 86.2 Å². The third-order valence-electron chi connectivity index (χ3n) is 1.46. The van der Waals surface area contributed by atoms with E-state index in [4.69, 9.17) is 22.3 Å². The van der Waals surface area contributed by atoms with Gasteiger partial charge in [-0.2, -0.15) is 0 Å². The van der Waals surface area contributed by atoms with Crippen LogP contribution in [0.1, 0.15) is 5.56 Å². The SMILES string of the molecule is C=C(c1ccc(Cl)cc1)S(=O)(=O)Cl. The summed E-state index contributed by atoms with van der Waals surface area (Å²) in [6.45, 7) is 3.36. The number of rotatable bonds is 2. The summed E-state index contributed by atoms with van der Waals surface area (Å²) in [6.07, 6.45) is 0. The lowest BCUT2D eigenvalue weighted by molar-refractivity contribution is 0.618. The molecule has 1 rings (SSSR count). The lowest BCUT2D eigenvalue weighted by Crippen LogP contribution is -1.92. The fourth-order valence-electron chi connectivity index (χ4n) is 0.777. The standard InChI is InChI=1S/C8H6Cl2O2S/c1-6(13(10,11)12)7-2-4-8(9)5-3-7/h2-5H,1H2. The molecule has 1 aromatic rings. The van der Waals surface area contributed by atoms with E-state index in [2.05, 4.69) is 6.58 Å². The van der Waals surface area contributed by atoms with Gasteiger partial charge in [-0.15, -0.1) is 0 Å². The van der Waals surface area contributed by atoms with Gasteiger partial charge >= 0.3 is 0 Å². The molecule has 0 amide bonds. The molecule has 0 saturated heterocycles. The number of hydrogen-bond donors (Lipinski definition) is 0. The minimum Gasteiger partial charge on any atom is -0.207 e. The molecule has 13 heavy (non-hydrogen) atoms. The zero-order chi connectivity index (χ0) is 10.1. The fourth-order valence-corrected chi connectivity index (χ4v) is 1.59. The highest BCUT2D eigenvalue weighted by Crippen LogP contribution is 2.23. The molecule has 0 aliphatic heterocycles. The molecule has 0 aromatic heterocycles. The van der Waals surface area contributed by atoms with E-state index in [-0.39, 0.29) is 4.91 Å². The Morgan fingerprint density at radius 2 is 1.69 bits per heavy atom. The molecule has 5 heteroatoms. The Morgan fingerprint density at radius 3 is 2.08 bits per heavy atom. The van der Waals surface area contributed by atoms with E-state index in [1.54, 1.807) is 24.3 Å². The molecule has 0 radical (unpaired) electrons. The van der Waals surface area contributed by atoms with Crippen LogP contribution in [-0.2, 0) is 9.05 Å². The van der Waals surface area contributed by atoms with E-state index >= 15 is 0 Å². The van der Waals surface area contributed by atoms with Gasteiger partial charge in [0.25, 0.3) is 9.05 Å². The summed E-state index contributed by atoms with van der Waals surface area (Å²) < 4.78 is 21.7. The van der Waals surface area contributed by atoms with Crippen LogP contribution in [0.25, 0.3) is 4.91 Å². The molecular weight excluding hydrogens is 231 g/mol. The highest BCUT2D eigenvalue weighted by molar-refractivity contribution is 8.21. The summed E-state index contributed by atoms with van der Waals surface area (Å²) in [6, 6.07) is 6.24. The van der Waals surface area contributed by atoms with Gasteiger partial charge in [-0.1, -0.05) is 30.3 Å². The molecular formula is C8H6Cl2O2S. The van der Waals surface area contributed by atoms with Crippen LogP contribution in [-0.4, -0.2) is 8.42 Å². The topological polar surface area (TPSA) is 34.1 Å². The summed E-state index contributed by atoms with van der Waals surface area (Å²) in [5.74, 6) is 0. The molecule has 0 atom stereocenters. The van der Waals surface area contributed by atoms with Gasteiger partial charge in [-0.3, -0.25) is 0 Å². The molecule has 0 unspecified atom stereocenters. The van der Waals surface area contributed by atoms with Crippen LogP contribution in [0.5, 0.6) is 0 Å². The van der Waals surface area contributed by atoms with Gasteiger partial charge in [0, 0.05) is 15.7 Å². The molecule has 0 saturated carbocycles. The fraction of sp³-hybridized carbons (Fsp3) is 0. The van der Waals surface area contributed by atoms with Crippen LogP contribution in [0, 0.1) is 0 Å². The molecule has 0 fully saturated rings. The molecule has 0 N–H and O–H groups in total. The molecule has 0 aliphatic carbocycles. The lowest BCUT2D eigenvalue weighted by Gasteiger charge is -2.00. The van der Waals surface area contributed by atoms with Crippen molar-refractivity contribution >= 4 is 36.2 Å². The minimum absolute atomic E-state index is 0.120. The van der Waals surface area contributed by atoms with Gasteiger partial charge < -0.3 is 0 Å². The summed E-state index contributed by atoms with van der Waals surface area (Å²) in [7, 11) is 1.36. The van der Waals surface area contributed by atoms with Crippen LogP contribution in [0.15, 0.2) is 30.8 Å².